The van der Waals surface area contributed by atoms with Gasteiger partial charge >= 0.3 is 0 Å². The zero-order valence-electron chi connectivity index (χ0n) is 16.1. The first kappa shape index (κ1) is 19.0. The second-order valence-corrected chi connectivity index (χ2v) is 6.57. The summed E-state index contributed by atoms with van der Waals surface area (Å²) >= 11 is 0. The molecule has 0 saturated carbocycles. The Morgan fingerprint density at radius 3 is 2.89 bits per heavy atom. The minimum Gasteiger partial charge on any atom is -0.351 e. The maximum Gasteiger partial charge on any atom is 0.265 e. The van der Waals surface area contributed by atoms with Crippen LogP contribution in [-0.4, -0.2) is 48.3 Å². The SMILES string of the molecule is CNCCCNC(=O)/C(C)=N/c1c(C)ncnc1N1CCc2ccccc21. The third-order valence-corrected chi connectivity index (χ3v) is 4.63. The van der Waals surface area contributed by atoms with Gasteiger partial charge in [0.1, 0.15) is 17.7 Å². The predicted octanol–water partition coefficient (Wildman–Crippen LogP) is 2.30. The smallest absolute Gasteiger partial charge is 0.265 e. The van der Waals surface area contributed by atoms with Crippen molar-refractivity contribution in [3.63, 3.8) is 0 Å². The highest BCUT2D eigenvalue weighted by Crippen LogP contribution is 2.38. The number of anilines is 2. The van der Waals surface area contributed by atoms with Crippen molar-refractivity contribution in [2.45, 2.75) is 26.7 Å². The molecule has 1 amide bonds. The van der Waals surface area contributed by atoms with E-state index in [1.54, 1.807) is 13.3 Å². The van der Waals surface area contributed by atoms with Gasteiger partial charge < -0.3 is 15.5 Å². The topological polar surface area (TPSA) is 82.5 Å². The van der Waals surface area contributed by atoms with E-state index in [4.69, 9.17) is 0 Å². The quantitative estimate of drug-likeness (QED) is 0.580. The molecule has 0 atom stereocenters. The maximum absolute atomic E-state index is 12.3. The molecule has 2 heterocycles. The number of carbonyl (C=O) groups is 1. The number of nitrogens with one attached hydrogen (secondary N) is 2. The van der Waals surface area contributed by atoms with Gasteiger partial charge in [0.2, 0.25) is 0 Å². The molecule has 2 N–H and O–H groups in total. The van der Waals surface area contributed by atoms with Gasteiger partial charge in [-0.05, 0) is 51.9 Å². The minimum atomic E-state index is -0.165. The van der Waals surface area contributed by atoms with Gasteiger partial charge in [-0.15, -0.1) is 0 Å². The van der Waals surface area contributed by atoms with E-state index in [2.05, 4.69) is 48.7 Å². The molecular weight excluding hydrogens is 340 g/mol. The van der Waals surface area contributed by atoms with Gasteiger partial charge in [-0.3, -0.25) is 4.79 Å². The average molecular weight is 366 g/mol. The first-order valence-electron chi connectivity index (χ1n) is 9.27. The Hall–Kier alpha value is -2.80. The Morgan fingerprint density at radius 2 is 2.07 bits per heavy atom. The third-order valence-electron chi connectivity index (χ3n) is 4.63. The van der Waals surface area contributed by atoms with Crippen LogP contribution in [0.1, 0.15) is 24.6 Å². The molecule has 0 bridgehead atoms. The van der Waals surface area contributed by atoms with Crippen LogP contribution in [0.2, 0.25) is 0 Å². The Bertz CT molecular complexity index is 848. The Kier molecular flexibility index (Phi) is 6.13. The molecule has 7 nitrogen and oxygen atoms in total. The Labute approximate surface area is 159 Å². The van der Waals surface area contributed by atoms with E-state index in [9.17, 15) is 4.79 Å². The second-order valence-electron chi connectivity index (χ2n) is 6.57. The van der Waals surface area contributed by atoms with Crippen LogP contribution in [0.15, 0.2) is 35.6 Å². The van der Waals surface area contributed by atoms with Crippen molar-refractivity contribution >= 4 is 28.8 Å². The van der Waals surface area contributed by atoms with Crippen LogP contribution < -0.4 is 15.5 Å². The van der Waals surface area contributed by atoms with Gasteiger partial charge in [-0.25, -0.2) is 15.0 Å². The number of nitrogens with zero attached hydrogens (tertiary/aromatic N) is 4. The van der Waals surface area contributed by atoms with E-state index in [0.717, 1.165) is 43.1 Å². The number of aromatic nitrogens is 2. The molecule has 2 aromatic rings. The zero-order valence-corrected chi connectivity index (χ0v) is 16.1. The van der Waals surface area contributed by atoms with Crippen LogP contribution in [0.25, 0.3) is 0 Å². The monoisotopic (exact) mass is 366 g/mol. The summed E-state index contributed by atoms with van der Waals surface area (Å²) in [6.45, 7) is 5.93. The lowest BCUT2D eigenvalue weighted by atomic mass is 10.2. The number of amides is 1. The molecule has 1 aromatic heterocycles. The van der Waals surface area contributed by atoms with Crippen molar-refractivity contribution < 1.29 is 4.79 Å². The number of carbonyl (C=O) groups excluding carboxylic acids is 1. The van der Waals surface area contributed by atoms with Crippen molar-refractivity contribution in [1.82, 2.24) is 20.6 Å². The third kappa shape index (κ3) is 4.31. The van der Waals surface area contributed by atoms with Crippen LogP contribution in [-0.2, 0) is 11.2 Å². The highest BCUT2D eigenvalue weighted by atomic mass is 16.1. The summed E-state index contributed by atoms with van der Waals surface area (Å²) < 4.78 is 0. The molecule has 0 saturated heterocycles. The fourth-order valence-electron chi connectivity index (χ4n) is 3.15. The summed E-state index contributed by atoms with van der Waals surface area (Å²) in [5.74, 6) is 0.580. The molecule has 142 valence electrons. The van der Waals surface area contributed by atoms with Gasteiger partial charge in [0.25, 0.3) is 5.91 Å². The van der Waals surface area contributed by atoms with Gasteiger partial charge in [-0.2, -0.15) is 0 Å². The number of fused-ring (bicyclic) bond motifs is 1. The van der Waals surface area contributed by atoms with Crippen molar-refractivity contribution in [2.24, 2.45) is 4.99 Å². The van der Waals surface area contributed by atoms with Crippen LogP contribution >= 0.6 is 0 Å². The van der Waals surface area contributed by atoms with Crippen molar-refractivity contribution in [3.05, 3.63) is 41.9 Å². The van der Waals surface area contributed by atoms with E-state index < -0.39 is 0 Å². The first-order chi connectivity index (χ1) is 13.1. The highest BCUT2D eigenvalue weighted by molar-refractivity contribution is 6.38. The van der Waals surface area contributed by atoms with E-state index in [0.29, 0.717) is 17.9 Å². The van der Waals surface area contributed by atoms with Crippen LogP contribution in [0.3, 0.4) is 0 Å². The first-order valence-corrected chi connectivity index (χ1v) is 9.27. The molecule has 0 fully saturated rings. The number of benzene rings is 1. The lowest BCUT2D eigenvalue weighted by molar-refractivity contribution is -0.114. The molecular formula is C20H26N6O. The van der Waals surface area contributed by atoms with Crippen LogP contribution in [0, 0.1) is 6.92 Å². The molecule has 0 spiro atoms. The van der Waals surface area contributed by atoms with Crippen LogP contribution in [0.4, 0.5) is 17.2 Å². The average Bonchev–Trinajstić information content (AvgIpc) is 3.10. The van der Waals surface area contributed by atoms with E-state index in [-0.39, 0.29) is 5.91 Å². The van der Waals surface area contributed by atoms with Gasteiger partial charge in [0, 0.05) is 18.8 Å². The van der Waals surface area contributed by atoms with E-state index >= 15 is 0 Å². The molecule has 0 radical (unpaired) electrons. The highest BCUT2D eigenvalue weighted by Gasteiger charge is 2.24. The largest absolute Gasteiger partial charge is 0.351 e. The van der Waals surface area contributed by atoms with Crippen LogP contribution in [0.5, 0.6) is 0 Å². The number of hydrogen-bond acceptors (Lipinski definition) is 6. The molecule has 27 heavy (non-hydrogen) atoms. The summed E-state index contributed by atoms with van der Waals surface area (Å²) in [6.07, 6.45) is 3.39. The lowest BCUT2D eigenvalue weighted by Crippen LogP contribution is -2.31. The number of aliphatic imine (C=N–C) groups is 1. The standard InChI is InChI=1S/C20H26N6O/c1-14-18(25-15(2)20(27)22-11-6-10-21-3)19(24-13-23-14)26-12-9-16-7-4-5-8-17(16)26/h4-5,7-8,13,21H,6,9-12H2,1-3H3,(H,22,27)/b25-15+. The van der Waals surface area contributed by atoms with E-state index in [1.165, 1.54) is 5.56 Å². The number of aryl methyl sites for hydroxylation is 1. The van der Waals surface area contributed by atoms with Gasteiger partial charge in [-0.1, -0.05) is 18.2 Å². The number of hydrogen-bond donors (Lipinski definition) is 2. The normalized spacial score (nSPS) is 13.6. The van der Waals surface area contributed by atoms with Gasteiger partial charge in [0.15, 0.2) is 5.82 Å². The maximum atomic E-state index is 12.3. The zero-order chi connectivity index (χ0) is 19.2. The summed E-state index contributed by atoms with van der Waals surface area (Å²) in [6, 6.07) is 8.30. The fraction of sp³-hybridized carbons (Fsp3) is 0.400. The molecule has 3 rings (SSSR count). The van der Waals surface area contributed by atoms with Crippen molar-refractivity contribution in [1.29, 1.82) is 0 Å². The second kappa shape index (κ2) is 8.73. The van der Waals surface area contributed by atoms with E-state index in [1.807, 2.05) is 20.0 Å². The molecule has 0 aliphatic carbocycles. The minimum absolute atomic E-state index is 0.165. The summed E-state index contributed by atoms with van der Waals surface area (Å²) in [5.41, 5.74) is 4.25. The Balaban J connectivity index is 1.85. The molecule has 1 aliphatic heterocycles. The summed E-state index contributed by atoms with van der Waals surface area (Å²) in [4.78, 5) is 27.9. The van der Waals surface area contributed by atoms with Gasteiger partial charge in [0.05, 0.1) is 5.69 Å². The summed E-state index contributed by atoms with van der Waals surface area (Å²) in [7, 11) is 1.89. The molecule has 7 heteroatoms. The Morgan fingerprint density at radius 1 is 1.26 bits per heavy atom. The number of para-hydroxylation sites is 1. The predicted molar refractivity (Wildman–Crippen MR) is 108 cm³/mol. The molecule has 1 aliphatic rings. The number of rotatable bonds is 7. The molecule has 1 aromatic carbocycles. The lowest BCUT2D eigenvalue weighted by Gasteiger charge is -2.20. The fourth-order valence-corrected chi connectivity index (χ4v) is 3.15. The van der Waals surface area contributed by atoms with Crippen molar-refractivity contribution in [2.75, 3.05) is 31.6 Å². The molecule has 0 unspecified atom stereocenters. The summed E-state index contributed by atoms with van der Waals surface area (Å²) in [5, 5.41) is 5.96. The van der Waals surface area contributed by atoms with Crippen molar-refractivity contribution in [3.8, 4) is 0 Å².